The smallest absolute Gasteiger partial charge is 0.229 e. The number of methoxy groups -OCH3 is 1. The van der Waals surface area contributed by atoms with Gasteiger partial charge < -0.3 is 4.74 Å². The maximum absolute atomic E-state index is 13.4. The first-order chi connectivity index (χ1) is 16.8. The summed E-state index contributed by atoms with van der Waals surface area (Å²) >= 11 is 1.48. The molecule has 0 aliphatic rings. The number of rotatable bonds is 9. The van der Waals surface area contributed by atoms with Gasteiger partial charge in [0.15, 0.2) is 15.0 Å². The number of thiazole rings is 1. The van der Waals surface area contributed by atoms with Crippen LogP contribution in [0.1, 0.15) is 29.5 Å². The lowest BCUT2D eigenvalue weighted by Gasteiger charge is -2.20. The van der Waals surface area contributed by atoms with Gasteiger partial charge in [-0.3, -0.25) is 9.69 Å². The normalized spacial score (nSPS) is 11.5. The topological polar surface area (TPSA) is 76.6 Å². The predicted octanol–water partition coefficient (Wildman–Crippen LogP) is 5.71. The molecule has 0 aliphatic carbocycles. The number of hydrogen-bond donors (Lipinski definition) is 0. The summed E-state index contributed by atoms with van der Waals surface area (Å²) in [4.78, 5) is 20.1. The molecule has 6 nitrogen and oxygen atoms in total. The first kappa shape index (κ1) is 24.9. The number of hydrogen-bond acceptors (Lipinski definition) is 6. The highest BCUT2D eigenvalue weighted by molar-refractivity contribution is 7.91. The molecule has 0 spiro atoms. The molecule has 0 N–H and O–H groups in total. The molecule has 0 radical (unpaired) electrons. The Morgan fingerprint density at radius 1 is 1.00 bits per heavy atom. The number of carbonyl (C=O) groups is 1. The monoisotopic (exact) mass is 508 g/mol. The van der Waals surface area contributed by atoms with Crippen LogP contribution in [0.2, 0.25) is 0 Å². The van der Waals surface area contributed by atoms with Crippen LogP contribution in [0.3, 0.4) is 0 Å². The second-order valence-corrected chi connectivity index (χ2v) is 11.5. The summed E-state index contributed by atoms with van der Waals surface area (Å²) in [5, 5.41) is 0.626. The fourth-order valence-corrected chi connectivity index (χ4v) is 6.16. The Bertz CT molecular complexity index is 1430. The fraction of sp³-hybridized carbons (Fsp3) is 0.259. The zero-order valence-corrected chi connectivity index (χ0v) is 21.7. The minimum atomic E-state index is -3.50. The maximum Gasteiger partial charge on any atom is 0.229 e. The van der Waals surface area contributed by atoms with Crippen molar-refractivity contribution in [2.45, 2.75) is 38.1 Å². The highest BCUT2D eigenvalue weighted by Crippen LogP contribution is 2.33. The van der Waals surface area contributed by atoms with Crippen LogP contribution in [-0.2, 0) is 21.2 Å². The van der Waals surface area contributed by atoms with E-state index in [1.165, 1.54) is 30.6 Å². The molecular formula is C27H28N2O4S2. The largest absolute Gasteiger partial charge is 0.497 e. The van der Waals surface area contributed by atoms with Crippen LogP contribution in [0.4, 0.5) is 5.13 Å². The molecule has 0 unspecified atom stereocenters. The standard InChI is InChI=1S/C27H28N2O4S2/c1-19-11-16-24-26(20(19)2)28-27(34-24)29(18-21-8-5-4-6-9-21)25(30)10-7-17-35(31,32)23-14-12-22(33-3)13-15-23/h4-6,8-9,11-16H,7,10,17-18H2,1-3H3. The van der Waals surface area contributed by atoms with Crippen molar-refractivity contribution in [3.05, 3.63) is 83.4 Å². The number of anilines is 1. The molecule has 0 saturated heterocycles. The lowest BCUT2D eigenvalue weighted by Crippen LogP contribution is -2.30. The molecule has 3 aromatic carbocycles. The van der Waals surface area contributed by atoms with Crippen molar-refractivity contribution in [2.75, 3.05) is 17.8 Å². The van der Waals surface area contributed by atoms with Gasteiger partial charge in [-0.1, -0.05) is 47.7 Å². The molecule has 182 valence electrons. The van der Waals surface area contributed by atoms with E-state index in [1.807, 2.05) is 50.2 Å². The van der Waals surface area contributed by atoms with Gasteiger partial charge in [0.1, 0.15) is 5.75 Å². The second kappa shape index (κ2) is 10.6. The second-order valence-electron chi connectivity index (χ2n) is 8.41. The Kier molecular flexibility index (Phi) is 7.52. The van der Waals surface area contributed by atoms with E-state index in [4.69, 9.17) is 9.72 Å². The lowest BCUT2D eigenvalue weighted by molar-refractivity contribution is -0.118. The molecular weight excluding hydrogens is 480 g/mol. The van der Waals surface area contributed by atoms with Gasteiger partial charge in [0.05, 0.1) is 34.5 Å². The molecule has 8 heteroatoms. The van der Waals surface area contributed by atoms with E-state index in [9.17, 15) is 13.2 Å². The molecule has 1 aromatic heterocycles. The van der Waals surface area contributed by atoms with E-state index < -0.39 is 9.84 Å². The summed E-state index contributed by atoms with van der Waals surface area (Å²) in [5.41, 5.74) is 4.14. The van der Waals surface area contributed by atoms with E-state index in [-0.39, 0.29) is 29.4 Å². The number of nitrogens with zero attached hydrogens (tertiary/aromatic N) is 2. The number of aryl methyl sites for hydroxylation is 2. The average molecular weight is 509 g/mol. The Morgan fingerprint density at radius 2 is 1.71 bits per heavy atom. The zero-order chi connectivity index (χ0) is 25.0. The highest BCUT2D eigenvalue weighted by atomic mass is 32.2. The third kappa shape index (κ3) is 5.71. The Morgan fingerprint density at radius 3 is 2.40 bits per heavy atom. The van der Waals surface area contributed by atoms with Crippen molar-refractivity contribution < 1.29 is 17.9 Å². The first-order valence-corrected chi connectivity index (χ1v) is 13.8. The van der Waals surface area contributed by atoms with Gasteiger partial charge in [-0.25, -0.2) is 13.4 Å². The van der Waals surface area contributed by atoms with Crippen molar-refractivity contribution in [3.63, 3.8) is 0 Å². The fourth-order valence-electron chi connectivity index (χ4n) is 3.81. The molecule has 1 amide bonds. The number of fused-ring (bicyclic) bond motifs is 1. The summed E-state index contributed by atoms with van der Waals surface area (Å²) in [6.07, 6.45) is 0.331. The number of sulfone groups is 1. The molecule has 0 aliphatic heterocycles. The Hall–Kier alpha value is -3.23. The summed E-state index contributed by atoms with van der Waals surface area (Å²) in [7, 11) is -1.97. The third-order valence-electron chi connectivity index (χ3n) is 6.01. The van der Waals surface area contributed by atoms with Gasteiger partial charge in [0.2, 0.25) is 5.91 Å². The van der Waals surface area contributed by atoms with Crippen molar-refractivity contribution in [1.29, 1.82) is 0 Å². The van der Waals surface area contributed by atoms with E-state index in [0.717, 1.165) is 26.9 Å². The van der Waals surface area contributed by atoms with Crippen LogP contribution in [0, 0.1) is 13.8 Å². The number of benzene rings is 3. The summed E-state index contributed by atoms with van der Waals surface area (Å²) in [5.74, 6) is 0.340. The van der Waals surface area contributed by atoms with Crippen LogP contribution >= 0.6 is 11.3 Å². The summed E-state index contributed by atoms with van der Waals surface area (Å²) < 4.78 is 31.6. The first-order valence-electron chi connectivity index (χ1n) is 11.4. The number of carbonyl (C=O) groups excluding carboxylic acids is 1. The van der Waals surface area contributed by atoms with Gasteiger partial charge in [0, 0.05) is 6.42 Å². The highest BCUT2D eigenvalue weighted by Gasteiger charge is 2.22. The zero-order valence-electron chi connectivity index (χ0n) is 20.0. The molecule has 1 heterocycles. The van der Waals surface area contributed by atoms with Crippen LogP contribution < -0.4 is 9.64 Å². The molecule has 0 atom stereocenters. The van der Waals surface area contributed by atoms with Crippen LogP contribution in [0.5, 0.6) is 5.75 Å². The molecule has 0 saturated carbocycles. The molecule has 4 rings (SSSR count). The molecule has 0 fully saturated rings. The van der Waals surface area contributed by atoms with Crippen molar-refractivity contribution in [3.8, 4) is 5.75 Å². The van der Waals surface area contributed by atoms with Crippen molar-refractivity contribution in [2.24, 2.45) is 0 Å². The number of amides is 1. The SMILES string of the molecule is COc1ccc(S(=O)(=O)CCCC(=O)N(Cc2ccccc2)c2nc3c(C)c(C)ccc3s2)cc1. The molecule has 4 aromatic rings. The van der Waals surface area contributed by atoms with E-state index in [0.29, 0.717) is 17.4 Å². The minimum absolute atomic E-state index is 0.107. The quantitative estimate of drug-likeness (QED) is 0.289. The third-order valence-corrected chi connectivity index (χ3v) is 8.87. The van der Waals surface area contributed by atoms with Gasteiger partial charge in [-0.15, -0.1) is 0 Å². The van der Waals surface area contributed by atoms with Crippen LogP contribution in [0.15, 0.2) is 71.6 Å². The van der Waals surface area contributed by atoms with Crippen LogP contribution in [-0.4, -0.2) is 32.2 Å². The number of ether oxygens (including phenoxy) is 1. The maximum atomic E-state index is 13.4. The van der Waals surface area contributed by atoms with E-state index in [1.54, 1.807) is 17.0 Å². The van der Waals surface area contributed by atoms with Crippen LogP contribution in [0.25, 0.3) is 10.2 Å². The van der Waals surface area contributed by atoms with Gasteiger partial charge in [-0.2, -0.15) is 0 Å². The number of aromatic nitrogens is 1. The summed E-state index contributed by atoms with van der Waals surface area (Å²) in [6.45, 7) is 4.46. The lowest BCUT2D eigenvalue weighted by atomic mass is 10.1. The van der Waals surface area contributed by atoms with E-state index >= 15 is 0 Å². The molecule has 0 bridgehead atoms. The van der Waals surface area contributed by atoms with Gasteiger partial charge in [-0.05, 0) is 67.3 Å². The van der Waals surface area contributed by atoms with E-state index in [2.05, 4.69) is 6.07 Å². The van der Waals surface area contributed by atoms with Crippen molar-refractivity contribution >= 4 is 42.4 Å². The minimum Gasteiger partial charge on any atom is -0.497 e. The van der Waals surface area contributed by atoms with Crippen molar-refractivity contribution in [1.82, 2.24) is 4.98 Å². The van der Waals surface area contributed by atoms with Gasteiger partial charge in [0.25, 0.3) is 0 Å². The average Bonchev–Trinajstić information content (AvgIpc) is 3.30. The predicted molar refractivity (Wildman–Crippen MR) is 141 cm³/mol. The molecule has 35 heavy (non-hydrogen) atoms. The summed E-state index contributed by atoms with van der Waals surface area (Å²) in [6, 6.07) is 20.1. The van der Waals surface area contributed by atoms with Gasteiger partial charge >= 0.3 is 0 Å². The Labute approximate surface area is 210 Å². The Balaban J connectivity index is 1.53.